The van der Waals surface area contributed by atoms with Crippen molar-refractivity contribution in [3.63, 3.8) is 0 Å². The number of ether oxygens (including phenoxy) is 1. The van der Waals surface area contributed by atoms with Crippen molar-refractivity contribution in [1.29, 1.82) is 0 Å². The van der Waals surface area contributed by atoms with Gasteiger partial charge in [-0.25, -0.2) is 4.57 Å². The van der Waals surface area contributed by atoms with Gasteiger partial charge in [0.05, 0.1) is 26.0 Å². The molecule has 0 aliphatic heterocycles. The Morgan fingerprint density at radius 3 is 2.71 bits per heavy atom. The Morgan fingerprint density at radius 2 is 2.04 bits per heavy atom. The molecule has 0 saturated heterocycles. The monoisotopic (exact) mass is 360 g/mol. The van der Waals surface area contributed by atoms with E-state index < -0.39 is 10.1 Å². The number of nitrogen functional groups attached to an aromatic ring is 1. The van der Waals surface area contributed by atoms with Gasteiger partial charge in [0, 0.05) is 7.05 Å². The van der Waals surface area contributed by atoms with Crippen LogP contribution >= 0.6 is 0 Å². The molecular formula is C13H22N5O5S+. The first-order chi connectivity index (χ1) is 11.3. The van der Waals surface area contributed by atoms with Crippen LogP contribution in [0.1, 0.15) is 13.3 Å². The molecule has 0 radical (unpaired) electrons. The van der Waals surface area contributed by atoms with E-state index in [0.717, 1.165) is 0 Å². The van der Waals surface area contributed by atoms with Crippen molar-refractivity contribution in [3.8, 4) is 0 Å². The second kappa shape index (κ2) is 7.28. The van der Waals surface area contributed by atoms with E-state index in [4.69, 9.17) is 14.7 Å². The van der Waals surface area contributed by atoms with E-state index in [9.17, 15) is 13.2 Å². The van der Waals surface area contributed by atoms with Gasteiger partial charge in [0.2, 0.25) is 5.52 Å². The van der Waals surface area contributed by atoms with Crippen molar-refractivity contribution in [2.24, 2.45) is 14.1 Å². The molecule has 2 rings (SSSR count). The highest BCUT2D eigenvalue weighted by molar-refractivity contribution is 7.86. The summed E-state index contributed by atoms with van der Waals surface area (Å²) in [4.78, 5) is 16.4. The maximum atomic E-state index is 12.2. The topological polar surface area (TPSA) is 122 Å². The average molecular weight is 360 g/mol. The predicted octanol–water partition coefficient (Wildman–Crippen LogP) is -1.13. The molecular weight excluding hydrogens is 338 g/mol. The second-order valence-corrected chi connectivity index (χ2v) is 7.19. The highest BCUT2D eigenvalue weighted by Crippen LogP contribution is 2.04. The lowest BCUT2D eigenvalue weighted by atomic mass is 10.5. The number of hydrogen-bond acceptors (Lipinski definition) is 7. The van der Waals surface area contributed by atoms with E-state index in [1.54, 1.807) is 29.6 Å². The molecule has 0 aromatic carbocycles. The zero-order valence-electron chi connectivity index (χ0n) is 13.9. The van der Waals surface area contributed by atoms with Crippen molar-refractivity contribution in [3.05, 3.63) is 16.7 Å². The molecule has 0 fully saturated rings. The Labute approximate surface area is 139 Å². The Balaban J connectivity index is 1.98. The maximum absolute atomic E-state index is 12.2. The maximum Gasteiger partial charge on any atom is 0.313 e. The van der Waals surface area contributed by atoms with Gasteiger partial charge in [-0.15, -0.1) is 0 Å². The first kappa shape index (κ1) is 18.4. The van der Waals surface area contributed by atoms with Crippen LogP contribution in [-0.2, 0) is 39.9 Å². The number of aryl methyl sites for hydroxylation is 1. The number of nitrogens with two attached hydrogens (primary N) is 1. The Bertz CT molecular complexity index is 886. The largest absolute Gasteiger partial charge is 0.355 e. The number of rotatable bonds is 8. The lowest BCUT2D eigenvalue weighted by Gasteiger charge is -2.04. The van der Waals surface area contributed by atoms with Crippen LogP contribution in [0.2, 0.25) is 0 Å². The lowest BCUT2D eigenvalue weighted by Crippen LogP contribution is -2.36. The molecule has 134 valence electrons. The fourth-order valence-corrected chi connectivity index (χ4v) is 2.65. The fraction of sp³-hybridized carbons (Fsp3) is 0.615. The summed E-state index contributed by atoms with van der Waals surface area (Å²) in [6.45, 7) is 2.06. The smallest absolute Gasteiger partial charge is 0.313 e. The van der Waals surface area contributed by atoms with E-state index in [-0.39, 0.29) is 30.6 Å². The summed E-state index contributed by atoms with van der Waals surface area (Å²) in [5, 5.41) is 0. The third kappa shape index (κ3) is 3.91. The number of hydrogen-bond donors (Lipinski definition) is 1. The molecule has 0 aliphatic rings. The van der Waals surface area contributed by atoms with Crippen molar-refractivity contribution in [1.82, 2.24) is 14.1 Å². The molecule has 2 heterocycles. The van der Waals surface area contributed by atoms with Crippen LogP contribution in [0, 0.1) is 0 Å². The first-order valence-electron chi connectivity index (χ1n) is 7.42. The third-order valence-corrected chi connectivity index (χ3v) is 4.73. The number of anilines is 1. The molecule has 0 unspecified atom stereocenters. The van der Waals surface area contributed by atoms with Gasteiger partial charge in [0.25, 0.3) is 16.1 Å². The molecule has 0 bridgehead atoms. The van der Waals surface area contributed by atoms with Crippen LogP contribution in [0.3, 0.4) is 0 Å². The normalized spacial score (nSPS) is 12.1. The number of nitrogens with zero attached hydrogens (tertiary/aromatic N) is 4. The van der Waals surface area contributed by atoms with Crippen molar-refractivity contribution in [2.45, 2.75) is 20.1 Å². The molecule has 0 atom stereocenters. The number of fused-ring (bicyclic) bond motifs is 1. The highest BCUT2D eigenvalue weighted by atomic mass is 32.2. The zero-order chi connectivity index (χ0) is 17.9. The van der Waals surface area contributed by atoms with Gasteiger partial charge in [0.1, 0.15) is 0 Å². The average Bonchev–Trinajstić information content (AvgIpc) is 2.84. The van der Waals surface area contributed by atoms with Crippen LogP contribution in [0.4, 0.5) is 5.95 Å². The van der Waals surface area contributed by atoms with Gasteiger partial charge in [-0.3, -0.25) is 18.1 Å². The predicted molar refractivity (Wildman–Crippen MR) is 86.5 cm³/mol. The molecule has 2 aromatic heterocycles. The number of imidazole rings is 1. The number of aromatic nitrogens is 4. The van der Waals surface area contributed by atoms with Crippen LogP contribution in [0.5, 0.6) is 0 Å². The Kier molecular flexibility index (Phi) is 5.57. The molecule has 24 heavy (non-hydrogen) atoms. The van der Waals surface area contributed by atoms with Crippen molar-refractivity contribution >= 4 is 27.2 Å². The highest BCUT2D eigenvalue weighted by Gasteiger charge is 2.21. The minimum absolute atomic E-state index is 0.0538. The standard InChI is InChI=1S/C13H21N5O5S/c1-4-24(20,21)23-7-5-6-22-9-18-8-16(2)10-11(18)15-13(14)17(3)12(10)19/h8H,4-7,9H2,1-3H3,(H-,14,15,19)/p+1. The first-order valence-corrected chi connectivity index (χ1v) is 9.00. The van der Waals surface area contributed by atoms with E-state index in [2.05, 4.69) is 4.98 Å². The summed E-state index contributed by atoms with van der Waals surface area (Å²) in [5.74, 6) is 0.0625. The second-order valence-electron chi connectivity index (χ2n) is 5.26. The van der Waals surface area contributed by atoms with Crippen LogP contribution in [0.15, 0.2) is 11.1 Å². The van der Waals surface area contributed by atoms with Gasteiger partial charge in [-0.1, -0.05) is 4.98 Å². The van der Waals surface area contributed by atoms with Gasteiger partial charge >= 0.3 is 11.2 Å². The Hall–Kier alpha value is -1.98. The lowest BCUT2D eigenvalue weighted by molar-refractivity contribution is -0.711. The summed E-state index contributed by atoms with van der Waals surface area (Å²) in [6, 6.07) is 0. The quantitative estimate of drug-likeness (QED) is 0.359. The van der Waals surface area contributed by atoms with E-state index in [0.29, 0.717) is 24.2 Å². The summed E-state index contributed by atoms with van der Waals surface area (Å²) >= 11 is 0. The fourth-order valence-electron chi connectivity index (χ4n) is 2.11. The molecule has 10 nitrogen and oxygen atoms in total. The molecule has 0 aliphatic carbocycles. The van der Waals surface area contributed by atoms with E-state index >= 15 is 0 Å². The van der Waals surface area contributed by atoms with Crippen LogP contribution < -0.4 is 15.9 Å². The Morgan fingerprint density at radius 1 is 1.33 bits per heavy atom. The summed E-state index contributed by atoms with van der Waals surface area (Å²) in [6.07, 6.45) is 2.12. The minimum Gasteiger partial charge on any atom is -0.355 e. The van der Waals surface area contributed by atoms with Gasteiger partial charge < -0.3 is 10.5 Å². The zero-order valence-corrected chi connectivity index (χ0v) is 14.7. The third-order valence-electron chi connectivity index (χ3n) is 3.50. The van der Waals surface area contributed by atoms with E-state index in [1.165, 1.54) is 11.5 Å². The summed E-state index contributed by atoms with van der Waals surface area (Å²) in [5.41, 5.74) is 6.35. The van der Waals surface area contributed by atoms with Crippen molar-refractivity contribution < 1.29 is 21.9 Å². The molecule has 2 aromatic rings. The summed E-state index contributed by atoms with van der Waals surface area (Å²) in [7, 11) is -0.127. The van der Waals surface area contributed by atoms with Gasteiger partial charge in [-0.05, 0) is 13.3 Å². The van der Waals surface area contributed by atoms with Gasteiger partial charge in [-0.2, -0.15) is 8.42 Å². The minimum atomic E-state index is -3.42. The molecule has 2 N–H and O–H groups in total. The molecule has 0 spiro atoms. The molecule has 11 heteroatoms. The summed E-state index contributed by atoms with van der Waals surface area (Å²) < 4.78 is 37.2. The molecule has 0 saturated carbocycles. The van der Waals surface area contributed by atoms with Crippen LogP contribution in [0.25, 0.3) is 11.2 Å². The van der Waals surface area contributed by atoms with Crippen molar-refractivity contribution in [2.75, 3.05) is 24.7 Å². The van der Waals surface area contributed by atoms with Crippen LogP contribution in [-0.4, -0.2) is 41.5 Å². The SMILES string of the molecule is CCS(=O)(=O)OCCCOC[n+]1cn(C)c2c(=O)n(C)c(N)nc21. The van der Waals surface area contributed by atoms with E-state index in [1.807, 2.05) is 0 Å². The molecule has 0 amide bonds. The van der Waals surface area contributed by atoms with Gasteiger partial charge in [0.15, 0.2) is 13.1 Å².